The highest BCUT2D eigenvalue weighted by molar-refractivity contribution is 8.00. The van der Waals surface area contributed by atoms with Crippen LogP contribution in [0.1, 0.15) is 25.7 Å². The van der Waals surface area contributed by atoms with Gasteiger partial charge in [-0.3, -0.25) is 9.69 Å². The van der Waals surface area contributed by atoms with Crippen LogP contribution in [0.3, 0.4) is 0 Å². The molecule has 1 saturated heterocycles. The molecule has 0 spiro atoms. The molecule has 0 radical (unpaired) electrons. The van der Waals surface area contributed by atoms with Crippen LogP contribution < -0.4 is 11.1 Å². The van der Waals surface area contributed by atoms with Crippen molar-refractivity contribution in [3.8, 4) is 0 Å². The van der Waals surface area contributed by atoms with Crippen LogP contribution in [0.2, 0.25) is 0 Å². The first kappa shape index (κ1) is 13.2. The minimum Gasteiger partial charge on any atom is -0.354 e. The number of hydrogen-bond acceptors (Lipinski definition) is 4. The summed E-state index contributed by atoms with van der Waals surface area (Å²) in [6.45, 7) is 3.29. The van der Waals surface area contributed by atoms with E-state index in [2.05, 4.69) is 16.5 Å². The highest BCUT2D eigenvalue weighted by Gasteiger charge is 2.41. The molecule has 0 atom stereocenters. The van der Waals surface area contributed by atoms with E-state index in [1.54, 1.807) is 0 Å². The van der Waals surface area contributed by atoms with Crippen molar-refractivity contribution >= 4 is 17.7 Å². The van der Waals surface area contributed by atoms with Crippen LogP contribution in [0.4, 0.5) is 0 Å². The van der Waals surface area contributed by atoms with E-state index in [0.717, 1.165) is 32.5 Å². The maximum absolute atomic E-state index is 11.8. The van der Waals surface area contributed by atoms with E-state index in [-0.39, 0.29) is 5.91 Å². The second-order valence-electron chi connectivity index (χ2n) is 5.28. The molecule has 1 heterocycles. The van der Waals surface area contributed by atoms with E-state index >= 15 is 0 Å². The average molecular weight is 257 g/mol. The molecule has 0 aromatic rings. The largest absolute Gasteiger partial charge is 0.354 e. The van der Waals surface area contributed by atoms with E-state index in [9.17, 15) is 4.79 Å². The number of carbonyl (C=O) groups excluding carboxylic acids is 1. The summed E-state index contributed by atoms with van der Waals surface area (Å²) in [5.41, 5.74) is 5.84. The molecular formula is C12H23N3OS. The SMILES string of the molecule is CSC1(CNC(=O)CN2CCC(N)CC2)CC1. The van der Waals surface area contributed by atoms with Crippen molar-refractivity contribution in [2.24, 2.45) is 5.73 Å². The van der Waals surface area contributed by atoms with Gasteiger partial charge >= 0.3 is 0 Å². The first-order valence-corrected chi connectivity index (χ1v) is 7.66. The fourth-order valence-electron chi connectivity index (χ4n) is 2.22. The van der Waals surface area contributed by atoms with Gasteiger partial charge in [-0.15, -0.1) is 0 Å². The molecule has 0 bridgehead atoms. The lowest BCUT2D eigenvalue weighted by Gasteiger charge is -2.29. The Morgan fingerprint density at radius 2 is 2.12 bits per heavy atom. The normalized spacial score (nSPS) is 24.6. The van der Waals surface area contributed by atoms with Gasteiger partial charge in [-0.1, -0.05) is 0 Å². The summed E-state index contributed by atoms with van der Waals surface area (Å²) in [5, 5.41) is 3.06. The molecule has 4 nitrogen and oxygen atoms in total. The number of nitrogens with two attached hydrogens (primary N) is 1. The summed E-state index contributed by atoms with van der Waals surface area (Å²) in [4.78, 5) is 14.0. The molecule has 1 amide bonds. The maximum Gasteiger partial charge on any atom is 0.234 e. The van der Waals surface area contributed by atoms with Crippen LogP contribution >= 0.6 is 11.8 Å². The van der Waals surface area contributed by atoms with Gasteiger partial charge in [0.2, 0.25) is 5.91 Å². The highest BCUT2D eigenvalue weighted by Crippen LogP contribution is 2.46. The Hall–Kier alpha value is -0.260. The second kappa shape index (κ2) is 5.59. The third kappa shape index (κ3) is 3.86. The first-order chi connectivity index (χ1) is 8.13. The van der Waals surface area contributed by atoms with Crippen LogP contribution in [0.25, 0.3) is 0 Å². The van der Waals surface area contributed by atoms with Gasteiger partial charge in [-0.25, -0.2) is 0 Å². The Balaban J connectivity index is 1.64. The van der Waals surface area contributed by atoms with Gasteiger partial charge in [0, 0.05) is 30.4 Å². The Kier molecular flexibility index (Phi) is 4.33. The van der Waals surface area contributed by atoms with E-state index < -0.39 is 0 Å². The molecule has 1 aliphatic carbocycles. The van der Waals surface area contributed by atoms with Crippen LogP contribution in [0.15, 0.2) is 0 Å². The minimum atomic E-state index is 0.167. The number of amides is 1. The number of nitrogens with one attached hydrogen (secondary N) is 1. The molecule has 2 fully saturated rings. The Labute approximate surface area is 108 Å². The van der Waals surface area contributed by atoms with E-state index in [1.807, 2.05) is 11.8 Å². The van der Waals surface area contributed by atoms with Crippen molar-refractivity contribution < 1.29 is 4.79 Å². The number of rotatable bonds is 5. The fourth-order valence-corrected chi connectivity index (χ4v) is 2.95. The van der Waals surface area contributed by atoms with Crippen molar-refractivity contribution in [3.05, 3.63) is 0 Å². The van der Waals surface area contributed by atoms with Gasteiger partial charge in [-0.05, 0) is 31.9 Å². The molecule has 1 saturated carbocycles. The highest BCUT2D eigenvalue weighted by atomic mass is 32.2. The number of nitrogens with zero attached hydrogens (tertiary/aromatic N) is 1. The fraction of sp³-hybridized carbons (Fsp3) is 0.917. The molecule has 0 aromatic carbocycles. The lowest BCUT2D eigenvalue weighted by atomic mass is 10.1. The van der Waals surface area contributed by atoms with Crippen molar-refractivity contribution in [2.75, 3.05) is 32.4 Å². The monoisotopic (exact) mass is 257 g/mol. The number of piperidine rings is 1. The van der Waals surface area contributed by atoms with Gasteiger partial charge in [0.15, 0.2) is 0 Å². The van der Waals surface area contributed by atoms with Crippen LogP contribution in [0.5, 0.6) is 0 Å². The minimum absolute atomic E-state index is 0.167. The molecule has 2 rings (SSSR count). The van der Waals surface area contributed by atoms with E-state index in [4.69, 9.17) is 5.73 Å². The van der Waals surface area contributed by atoms with Crippen molar-refractivity contribution in [1.29, 1.82) is 0 Å². The molecule has 3 N–H and O–H groups in total. The Morgan fingerprint density at radius 1 is 1.47 bits per heavy atom. The third-order valence-electron chi connectivity index (χ3n) is 3.85. The third-order valence-corrected chi connectivity index (χ3v) is 5.27. The van der Waals surface area contributed by atoms with Crippen LogP contribution in [-0.4, -0.2) is 54.0 Å². The summed E-state index contributed by atoms with van der Waals surface area (Å²) >= 11 is 1.88. The zero-order valence-corrected chi connectivity index (χ0v) is 11.4. The predicted molar refractivity (Wildman–Crippen MR) is 72.1 cm³/mol. The quantitative estimate of drug-likeness (QED) is 0.749. The van der Waals surface area contributed by atoms with Gasteiger partial charge in [0.25, 0.3) is 0 Å². The summed E-state index contributed by atoms with van der Waals surface area (Å²) in [6, 6.07) is 0.334. The van der Waals surface area contributed by atoms with Crippen molar-refractivity contribution in [3.63, 3.8) is 0 Å². The maximum atomic E-state index is 11.8. The zero-order chi connectivity index (χ0) is 12.3. The summed E-state index contributed by atoms with van der Waals surface area (Å²) in [7, 11) is 0. The zero-order valence-electron chi connectivity index (χ0n) is 10.6. The van der Waals surface area contributed by atoms with E-state index in [1.165, 1.54) is 12.8 Å². The smallest absolute Gasteiger partial charge is 0.234 e. The molecule has 0 aromatic heterocycles. The summed E-state index contributed by atoms with van der Waals surface area (Å²) in [6.07, 6.45) is 6.65. The molecular weight excluding hydrogens is 234 g/mol. The van der Waals surface area contributed by atoms with Crippen molar-refractivity contribution in [1.82, 2.24) is 10.2 Å². The molecule has 98 valence electrons. The Bertz CT molecular complexity index is 273. The van der Waals surface area contributed by atoms with Gasteiger partial charge in [-0.2, -0.15) is 11.8 Å². The topological polar surface area (TPSA) is 58.4 Å². The van der Waals surface area contributed by atoms with Crippen molar-refractivity contribution in [2.45, 2.75) is 36.5 Å². The second-order valence-corrected chi connectivity index (χ2v) is 6.55. The number of likely N-dealkylation sites (tertiary alicyclic amines) is 1. The lowest BCUT2D eigenvalue weighted by Crippen LogP contribution is -2.45. The standard InChI is InChI=1S/C12H23N3OS/c1-17-12(4-5-12)9-14-11(16)8-15-6-2-10(13)3-7-15/h10H,2-9,13H2,1H3,(H,14,16). The van der Waals surface area contributed by atoms with Crippen LogP contribution in [0, 0.1) is 0 Å². The van der Waals surface area contributed by atoms with Gasteiger partial charge < -0.3 is 11.1 Å². The Morgan fingerprint density at radius 3 is 2.65 bits per heavy atom. The number of carbonyl (C=O) groups is 1. The van der Waals surface area contributed by atoms with E-state index in [0.29, 0.717) is 17.3 Å². The molecule has 2 aliphatic rings. The first-order valence-electron chi connectivity index (χ1n) is 6.43. The summed E-state index contributed by atoms with van der Waals surface area (Å²) < 4.78 is 0.361. The average Bonchev–Trinajstić information content (AvgIpc) is 3.10. The molecule has 0 unspecified atom stereocenters. The molecule has 17 heavy (non-hydrogen) atoms. The molecule has 1 aliphatic heterocycles. The van der Waals surface area contributed by atoms with Crippen LogP contribution in [-0.2, 0) is 4.79 Å². The summed E-state index contributed by atoms with van der Waals surface area (Å²) in [5.74, 6) is 0.167. The number of thioether (sulfide) groups is 1. The van der Waals surface area contributed by atoms with Gasteiger partial charge in [0.05, 0.1) is 6.54 Å². The van der Waals surface area contributed by atoms with Gasteiger partial charge in [0.1, 0.15) is 0 Å². The predicted octanol–water partition coefficient (Wildman–Crippen LogP) is 0.421. The lowest BCUT2D eigenvalue weighted by molar-refractivity contribution is -0.122. The number of hydrogen-bond donors (Lipinski definition) is 2. The molecule has 5 heteroatoms.